The Hall–Kier alpha value is -2.53. The summed E-state index contributed by atoms with van der Waals surface area (Å²) in [6.07, 6.45) is 0. The van der Waals surface area contributed by atoms with Crippen LogP contribution >= 0.6 is 11.6 Å². The Labute approximate surface area is 146 Å². The van der Waals surface area contributed by atoms with Crippen molar-refractivity contribution in [1.29, 1.82) is 0 Å². The molecule has 0 saturated carbocycles. The average molecular weight is 346 g/mol. The van der Waals surface area contributed by atoms with Crippen LogP contribution in [0.2, 0.25) is 5.02 Å². The van der Waals surface area contributed by atoms with Crippen molar-refractivity contribution in [2.24, 2.45) is 0 Å². The summed E-state index contributed by atoms with van der Waals surface area (Å²) >= 11 is 6.26. The van der Waals surface area contributed by atoms with Gasteiger partial charge in [-0.1, -0.05) is 41.9 Å². The van der Waals surface area contributed by atoms with Crippen molar-refractivity contribution in [2.45, 2.75) is 26.4 Å². The normalized spacial score (nSPS) is 11.5. The molecule has 0 aliphatic rings. The van der Waals surface area contributed by atoms with Gasteiger partial charge in [0.2, 0.25) is 11.8 Å². The number of carbonyl (C=O) groups excluding carboxylic acids is 2. The maximum absolute atomic E-state index is 12.0. The van der Waals surface area contributed by atoms with Gasteiger partial charge in [0, 0.05) is 19.2 Å². The molecule has 0 heterocycles. The Balaban J connectivity index is 1.96. The van der Waals surface area contributed by atoms with Gasteiger partial charge in [-0.2, -0.15) is 0 Å². The van der Waals surface area contributed by atoms with Gasteiger partial charge in [0.25, 0.3) is 0 Å². The second kappa shape index (κ2) is 8.36. The number of amides is 2. The minimum absolute atomic E-state index is 0.254. The van der Waals surface area contributed by atoms with Crippen LogP contribution in [0.1, 0.15) is 19.4 Å². The molecular formula is C18H20ClN3O2. The van der Waals surface area contributed by atoms with Gasteiger partial charge in [0.1, 0.15) is 6.04 Å². The third kappa shape index (κ3) is 5.28. The van der Waals surface area contributed by atoms with E-state index in [9.17, 15) is 9.59 Å². The van der Waals surface area contributed by atoms with Crippen LogP contribution in [-0.4, -0.2) is 17.9 Å². The van der Waals surface area contributed by atoms with Crippen molar-refractivity contribution >= 4 is 34.8 Å². The Bertz CT molecular complexity index is 719. The quantitative estimate of drug-likeness (QED) is 0.751. The Morgan fingerprint density at radius 1 is 1.12 bits per heavy atom. The number of halogens is 1. The van der Waals surface area contributed by atoms with Crippen molar-refractivity contribution in [2.75, 3.05) is 10.6 Å². The van der Waals surface area contributed by atoms with Gasteiger partial charge in [-0.05, 0) is 30.7 Å². The fourth-order valence-corrected chi connectivity index (χ4v) is 2.40. The highest BCUT2D eigenvalue weighted by Gasteiger charge is 2.14. The van der Waals surface area contributed by atoms with Crippen LogP contribution in [0.3, 0.4) is 0 Å². The highest BCUT2D eigenvalue weighted by molar-refractivity contribution is 6.33. The smallest absolute Gasteiger partial charge is 0.246 e. The highest BCUT2D eigenvalue weighted by atomic mass is 35.5. The number of hydrogen-bond acceptors (Lipinski definition) is 3. The summed E-state index contributed by atoms with van der Waals surface area (Å²) in [4.78, 5) is 22.9. The standard InChI is InChI=1S/C18H20ClN3O2/c1-12(21-13(2)23)18(24)22-15-8-9-17(16(19)10-15)20-11-14-6-4-3-5-7-14/h3-10,12,20H,11H2,1-2H3,(H,21,23)(H,22,24)/t12-/m1/s1. The lowest BCUT2D eigenvalue weighted by Gasteiger charge is -2.14. The van der Waals surface area contributed by atoms with E-state index in [1.807, 2.05) is 36.4 Å². The van der Waals surface area contributed by atoms with Gasteiger partial charge in [0.05, 0.1) is 10.7 Å². The molecule has 0 fully saturated rings. The molecule has 126 valence electrons. The Morgan fingerprint density at radius 3 is 2.46 bits per heavy atom. The van der Waals surface area contributed by atoms with E-state index in [-0.39, 0.29) is 11.8 Å². The minimum atomic E-state index is -0.614. The first-order chi connectivity index (χ1) is 11.5. The van der Waals surface area contributed by atoms with E-state index in [4.69, 9.17) is 11.6 Å². The lowest BCUT2D eigenvalue weighted by atomic mass is 10.2. The zero-order chi connectivity index (χ0) is 17.5. The van der Waals surface area contributed by atoms with Crippen molar-refractivity contribution in [3.05, 3.63) is 59.1 Å². The van der Waals surface area contributed by atoms with Crippen LogP contribution < -0.4 is 16.0 Å². The molecule has 0 spiro atoms. The van der Waals surface area contributed by atoms with Crippen LogP contribution in [0.4, 0.5) is 11.4 Å². The third-order valence-electron chi connectivity index (χ3n) is 3.38. The zero-order valence-electron chi connectivity index (χ0n) is 13.6. The topological polar surface area (TPSA) is 70.2 Å². The zero-order valence-corrected chi connectivity index (χ0v) is 14.4. The fraction of sp³-hybridized carbons (Fsp3) is 0.222. The number of hydrogen-bond donors (Lipinski definition) is 3. The predicted octanol–water partition coefficient (Wildman–Crippen LogP) is 3.42. The average Bonchev–Trinajstić information content (AvgIpc) is 2.54. The summed E-state index contributed by atoms with van der Waals surface area (Å²) in [5.41, 5.74) is 2.51. The van der Waals surface area contributed by atoms with Gasteiger partial charge < -0.3 is 16.0 Å². The van der Waals surface area contributed by atoms with Gasteiger partial charge >= 0.3 is 0 Å². The molecule has 24 heavy (non-hydrogen) atoms. The Morgan fingerprint density at radius 2 is 1.83 bits per heavy atom. The first-order valence-corrected chi connectivity index (χ1v) is 7.99. The van der Waals surface area contributed by atoms with Crippen LogP contribution in [-0.2, 0) is 16.1 Å². The van der Waals surface area contributed by atoms with E-state index in [0.29, 0.717) is 17.3 Å². The van der Waals surface area contributed by atoms with Crippen molar-refractivity contribution in [3.8, 4) is 0 Å². The van der Waals surface area contributed by atoms with E-state index in [2.05, 4.69) is 16.0 Å². The van der Waals surface area contributed by atoms with Crippen molar-refractivity contribution in [1.82, 2.24) is 5.32 Å². The third-order valence-corrected chi connectivity index (χ3v) is 3.69. The number of rotatable bonds is 6. The first kappa shape index (κ1) is 17.8. The second-order valence-corrected chi connectivity index (χ2v) is 5.85. The maximum Gasteiger partial charge on any atom is 0.246 e. The molecule has 2 amide bonds. The molecule has 0 aliphatic carbocycles. The number of anilines is 2. The largest absolute Gasteiger partial charge is 0.380 e. The number of carbonyl (C=O) groups is 2. The van der Waals surface area contributed by atoms with E-state index >= 15 is 0 Å². The summed E-state index contributed by atoms with van der Waals surface area (Å²) in [6.45, 7) is 3.65. The van der Waals surface area contributed by atoms with E-state index < -0.39 is 6.04 Å². The van der Waals surface area contributed by atoms with E-state index in [1.54, 1.807) is 19.1 Å². The molecule has 1 atom stereocenters. The van der Waals surface area contributed by atoms with Gasteiger partial charge in [0.15, 0.2) is 0 Å². The molecular weight excluding hydrogens is 326 g/mol. The number of nitrogens with one attached hydrogen (secondary N) is 3. The first-order valence-electron chi connectivity index (χ1n) is 7.61. The SMILES string of the molecule is CC(=O)N[C@H](C)C(=O)Nc1ccc(NCc2ccccc2)c(Cl)c1. The molecule has 5 nitrogen and oxygen atoms in total. The molecule has 0 aliphatic heterocycles. The summed E-state index contributed by atoms with van der Waals surface area (Å²) in [5.74, 6) is -0.553. The van der Waals surface area contributed by atoms with Crippen molar-refractivity contribution < 1.29 is 9.59 Å². The molecule has 0 saturated heterocycles. The summed E-state index contributed by atoms with van der Waals surface area (Å²) < 4.78 is 0. The van der Waals surface area contributed by atoms with Gasteiger partial charge in [-0.25, -0.2) is 0 Å². The predicted molar refractivity (Wildman–Crippen MR) is 97.1 cm³/mol. The summed E-state index contributed by atoms with van der Waals surface area (Å²) in [5, 5.41) is 9.02. The maximum atomic E-state index is 12.0. The molecule has 2 aromatic carbocycles. The molecule has 0 bridgehead atoms. The lowest BCUT2D eigenvalue weighted by molar-refractivity contribution is -0.124. The molecule has 0 aromatic heterocycles. The summed E-state index contributed by atoms with van der Waals surface area (Å²) in [7, 11) is 0. The molecule has 6 heteroatoms. The van der Waals surface area contributed by atoms with Crippen LogP contribution in [0, 0.1) is 0 Å². The summed E-state index contributed by atoms with van der Waals surface area (Å²) in [6, 6.07) is 14.6. The highest BCUT2D eigenvalue weighted by Crippen LogP contribution is 2.26. The number of benzene rings is 2. The van der Waals surface area contributed by atoms with Crippen LogP contribution in [0.15, 0.2) is 48.5 Å². The molecule has 2 rings (SSSR count). The van der Waals surface area contributed by atoms with Crippen LogP contribution in [0.5, 0.6) is 0 Å². The molecule has 2 aromatic rings. The molecule has 0 radical (unpaired) electrons. The van der Waals surface area contributed by atoms with E-state index in [1.165, 1.54) is 6.92 Å². The Kier molecular flexibility index (Phi) is 6.21. The lowest BCUT2D eigenvalue weighted by Crippen LogP contribution is -2.40. The van der Waals surface area contributed by atoms with E-state index in [0.717, 1.165) is 11.3 Å². The van der Waals surface area contributed by atoms with Crippen LogP contribution in [0.25, 0.3) is 0 Å². The van der Waals surface area contributed by atoms with Gasteiger partial charge in [-0.15, -0.1) is 0 Å². The van der Waals surface area contributed by atoms with Gasteiger partial charge in [-0.3, -0.25) is 9.59 Å². The molecule has 3 N–H and O–H groups in total. The second-order valence-electron chi connectivity index (χ2n) is 5.45. The minimum Gasteiger partial charge on any atom is -0.380 e. The monoisotopic (exact) mass is 345 g/mol. The molecule has 0 unspecified atom stereocenters. The van der Waals surface area contributed by atoms with Crippen molar-refractivity contribution in [3.63, 3.8) is 0 Å². The fourth-order valence-electron chi connectivity index (χ4n) is 2.15.